The van der Waals surface area contributed by atoms with E-state index in [1.807, 2.05) is 0 Å². The lowest BCUT2D eigenvalue weighted by Gasteiger charge is -2.18. The fraction of sp³-hybridized carbons (Fsp3) is 0.0435. The van der Waals surface area contributed by atoms with Gasteiger partial charge < -0.3 is 5.11 Å². The first-order valence-corrected chi connectivity index (χ1v) is 9.75. The van der Waals surface area contributed by atoms with E-state index in [1.165, 1.54) is 6.07 Å². The van der Waals surface area contributed by atoms with Crippen molar-refractivity contribution >= 4 is 32.7 Å². The van der Waals surface area contributed by atoms with Crippen molar-refractivity contribution in [1.29, 1.82) is 0 Å². The van der Waals surface area contributed by atoms with Crippen molar-refractivity contribution in [3.63, 3.8) is 0 Å². The normalized spacial score (nSPS) is 11.0. The summed E-state index contributed by atoms with van der Waals surface area (Å²) in [6, 6.07) is 16.8. The van der Waals surface area contributed by atoms with Gasteiger partial charge in [0, 0.05) is 27.1 Å². The Morgan fingerprint density at radius 2 is 1.70 bits per heavy atom. The molecule has 7 heteroatoms. The van der Waals surface area contributed by atoms with Crippen molar-refractivity contribution in [3.8, 4) is 11.1 Å². The highest BCUT2D eigenvalue weighted by Gasteiger charge is 2.24. The minimum Gasteiger partial charge on any atom is -0.477 e. The number of benzene rings is 3. The molecule has 4 nitrogen and oxygen atoms in total. The average molecular weight is 470 g/mol. The van der Waals surface area contributed by atoms with Gasteiger partial charge in [-0.1, -0.05) is 52.3 Å². The second-order valence-corrected chi connectivity index (χ2v) is 7.63. The van der Waals surface area contributed by atoms with Gasteiger partial charge in [0.15, 0.2) is 0 Å². The highest BCUT2D eigenvalue weighted by Crippen LogP contribution is 2.33. The van der Waals surface area contributed by atoms with Gasteiger partial charge >= 0.3 is 5.97 Å². The monoisotopic (exact) mass is 469 g/mol. The van der Waals surface area contributed by atoms with Gasteiger partial charge in [0.1, 0.15) is 17.3 Å². The molecule has 0 aliphatic rings. The second-order valence-electron chi connectivity index (χ2n) is 6.71. The molecule has 150 valence electrons. The van der Waals surface area contributed by atoms with Gasteiger partial charge in [0.2, 0.25) is 0 Å². The zero-order valence-corrected chi connectivity index (χ0v) is 17.0. The fourth-order valence-electron chi connectivity index (χ4n) is 3.51. The first kappa shape index (κ1) is 20.0. The van der Waals surface area contributed by atoms with Crippen LogP contribution in [0.1, 0.15) is 16.1 Å². The largest absolute Gasteiger partial charge is 0.477 e. The Balaban J connectivity index is 2.11. The van der Waals surface area contributed by atoms with E-state index in [2.05, 4.69) is 15.9 Å². The lowest BCUT2D eigenvalue weighted by atomic mass is 9.96. The van der Waals surface area contributed by atoms with Crippen LogP contribution in [0.5, 0.6) is 0 Å². The molecule has 4 rings (SSSR count). The predicted octanol–water partition coefficient (Wildman–Crippen LogP) is 5.46. The summed E-state index contributed by atoms with van der Waals surface area (Å²) in [4.78, 5) is 25.5. The molecular formula is C23H14BrF2NO3. The number of hydrogen-bond donors (Lipinski definition) is 1. The molecule has 1 aromatic heterocycles. The van der Waals surface area contributed by atoms with E-state index in [9.17, 15) is 23.5 Å². The Kier molecular flexibility index (Phi) is 5.22. The topological polar surface area (TPSA) is 59.3 Å². The molecular weight excluding hydrogens is 456 g/mol. The molecule has 1 N–H and O–H groups in total. The molecule has 0 amide bonds. The molecule has 0 aliphatic heterocycles. The summed E-state index contributed by atoms with van der Waals surface area (Å²) in [5, 5.41) is 10.8. The van der Waals surface area contributed by atoms with E-state index in [1.54, 1.807) is 48.5 Å². The zero-order valence-electron chi connectivity index (χ0n) is 15.4. The molecule has 30 heavy (non-hydrogen) atoms. The van der Waals surface area contributed by atoms with Crippen molar-refractivity contribution < 1.29 is 18.7 Å². The van der Waals surface area contributed by atoms with Crippen molar-refractivity contribution in [2.75, 3.05) is 0 Å². The molecule has 0 fully saturated rings. The number of halogens is 3. The molecule has 4 aromatic rings. The lowest BCUT2D eigenvalue weighted by molar-refractivity contribution is 0.0685. The van der Waals surface area contributed by atoms with Crippen LogP contribution in [0.25, 0.3) is 21.9 Å². The number of hydrogen-bond acceptors (Lipinski definition) is 2. The number of carboxylic acid groups (broad SMARTS) is 1. The van der Waals surface area contributed by atoms with E-state index in [0.717, 1.165) is 10.6 Å². The van der Waals surface area contributed by atoms with E-state index in [4.69, 9.17) is 0 Å². The van der Waals surface area contributed by atoms with Gasteiger partial charge in [0.25, 0.3) is 5.56 Å². The lowest BCUT2D eigenvalue weighted by Crippen LogP contribution is -2.28. The van der Waals surface area contributed by atoms with Gasteiger partial charge in [-0.25, -0.2) is 13.6 Å². The summed E-state index contributed by atoms with van der Waals surface area (Å²) >= 11 is 3.37. The highest BCUT2D eigenvalue weighted by atomic mass is 79.9. The van der Waals surface area contributed by atoms with Gasteiger partial charge in [-0.15, -0.1) is 0 Å². The van der Waals surface area contributed by atoms with E-state index >= 15 is 0 Å². The van der Waals surface area contributed by atoms with Crippen molar-refractivity contribution in [2.45, 2.75) is 6.54 Å². The van der Waals surface area contributed by atoms with Crippen molar-refractivity contribution in [1.82, 2.24) is 4.57 Å². The van der Waals surface area contributed by atoms with Gasteiger partial charge in [-0.05, 0) is 35.2 Å². The fourth-order valence-corrected chi connectivity index (χ4v) is 3.87. The van der Waals surface area contributed by atoms with Crippen molar-refractivity contribution in [2.24, 2.45) is 0 Å². The Hall–Kier alpha value is -3.32. The maximum Gasteiger partial charge on any atom is 0.353 e. The molecule has 0 unspecified atom stereocenters. The first-order valence-electron chi connectivity index (χ1n) is 8.95. The number of fused-ring (bicyclic) bond motifs is 1. The van der Waals surface area contributed by atoms with Gasteiger partial charge in [-0.2, -0.15) is 0 Å². The Morgan fingerprint density at radius 3 is 2.37 bits per heavy atom. The summed E-state index contributed by atoms with van der Waals surface area (Å²) in [5.41, 5.74) is 0.128. The van der Waals surface area contributed by atoms with Crippen LogP contribution in [0.3, 0.4) is 0 Å². The smallest absolute Gasteiger partial charge is 0.353 e. The number of nitrogens with zero attached hydrogens (tertiary/aromatic N) is 1. The average Bonchev–Trinajstić information content (AvgIpc) is 2.71. The number of aromatic carboxylic acids is 1. The standard InChI is InChI=1S/C23H14BrF2NO3/c24-15-7-9-17-18(10-15)20(13-4-2-1-3-5-13)21(23(29)30)27(22(17)28)12-14-6-8-16(25)11-19(14)26/h1-11H,12H2,(H,29,30). The molecule has 0 saturated heterocycles. The molecule has 0 atom stereocenters. The van der Waals surface area contributed by atoms with Crippen LogP contribution in [0.4, 0.5) is 8.78 Å². The van der Waals surface area contributed by atoms with Crippen molar-refractivity contribution in [3.05, 3.63) is 104 Å². The Morgan fingerprint density at radius 1 is 0.967 bits per heavy atom. The summed E-state index contributed by atoms with van der Waals surface area (Å²) in [5.74, 6) is -2.93. The van der Waals surface area contributed by atoms with Crippen LogP contribution in [-0.2, 0) is 6.54 Å². The SMILES string of the molecule is O=C(O)c1c(-c2ccccc2)c2cc(Br)ccc2c(=O)n1Cc1ccc(F)cc1F. The van der Waals surface area contributed by atoms with Crippen LogP contribution >= 0.6 is 15.9 Å². The van der Waals surface area contributed by atoms with Crippen LogP contribution in [0.2, 0.25) is 0 Å². The molecule has 0 radical (unpaired) electrons. The van der Waals surface area contributed by atoms with Crippen LogP contribution in [0, 0.1) is 11.6 Å². The third kappa shape index (κ3) is 3.52. The highest BCUT2D eigenvalue weighted by molar-refractivity contribution is 9.10. The molecule has 0 spiro atoms. The molecule has 0 saturated carbocycles. The first-order chi connectivity index (χ1) is 14.4. The Labute approximate surface area is 178 Å². The minimum atomic E-state index is -1.32. The third-order valence-electron chi connectivity index (χ3n) is 4.84. The van der Waals surface area contributed by atoms with E-state index in [0.29, 0.717) is 32.4 Å². The summed E-state index contributed by atoms with van der Waals surface area (Å²) in [6.45, 7) is -0.349. The van der Waals surface area contributed by atoms with Gasteiger partial charge in [0.05, 0.1) is 6.54 Å². The van der Waals surface area contributed by atoms with E-state index < -0.39 is 23.2 Å². The maximum atomic E-state index is 14.3. The Bertz CT molecular complexity index is 1350. The predicted molar refractivity (Wildman–Crippen MR) is 114 cm³/mol. The summed E-state index contributed by atoms with van der Waals surface area (Å²) < 4.78 is 29.3. The van der Waals surface area contributed by atoms with Gasteiger partial charge in [-0.3, -0.25) is 9.36 Å². The molecule has 0 bridgehead atoms. The minimum absolute atomic E-state index is 0.0106. The van der Waals surface area contributed by atoms with Crippen LogP contribution in [-0.4, -0.2) is 15.6 Å². The quantitative estimate of drug-likeness (QED) is 0.431. The van der Waals surface area contributed by atoms with E-state index in [-0.39, 0.29) is 17.8 Å². The number of pyridine rings is 1. The molecule has 1 heterocycles. The number of rotatable bonds is 4. The van der Waals surface area contributed by atoms with Crippen LogP contribution in [0.15, 0.2) is 76.0 Å². The summed E-state index contributed by atoms with van der Waals surface area (Å²) in [6.07, 6.45) is 0. The maximum absolute atomic E-state index is 14.3. The van der Waals surface area contributed by atoms with Crippen LogP contribution < -0.4 is 5.56 Å². The molecule has 3 aromatic carbocycles. The number of carboxylic acids is 1. The third-order valence-corrected chi connectivity index (χ3v) is 5.34. The second kappa shape index (κ2) is 7.84. The number of carbonyl (C=O) groups is 1. The molecule has 0 aliphatic carbocycles. The zero-order chi connectivity index (χ0) is 21.4. The number of aromatic nitrogens is 1. The summed E-state index contributed by atoms with van der Waals surface area (Å²) in [7, 11) is 0.